The predicted octanol–water partition coefficient (Wildman–Crippen LogP) is -0.762. The van der Waals surface area contributed by atoms with Gasteiger partial charge in [-0.25, -0.2) is 4.79 Å². The van der Waals surface area contributed by atoms with Crippen molar-refractivity contribution in [3.8, 4) is 0 Å². The average Bonchev–Trinajstić information content (AvgIpc) is 2.07. The van der Waals surface area contributed by atoms with Crippen LogP contribution in [0.2, 0.25) is 0 Å². The summed E-state index contributed by atoms with van der Waals surface area (Å²) in [5.74, 6) is -0.293. The van der Waals surface area contributed by atoms with E-state index >= 15 is 0 Å². The van der Waals surface area contributed by atoms with Crippen LogP contribution >= 0.6 is 12.0 Å². The first-order valence-corrected chi connectivity index (χ1v) is 4.29. The molecule has 0 aliphatic carbocycles. The Morgan fingerprint density at radius 1 is 1.42 bits per heavy atom. The Morgan fingerprint density at radius 3 is 2.50 bits per heavy atom. The topological polar surface area (TPSA) is 26.3 Å². The third kappa shape index (κ3) is 3.63. The SMILES string of the molecule is CSOC(=O)c1ccccc1.[H-].[Na+]. The Balaban J connectivity index is 0. The molecular formula is C8H9NaO2S. The molecule has 4 heteroatoms. The molecule has 0 aliphatic rings. The molecule has 1 rings (SSSR count). The molecule has 0 aliphatic heterocycles. The maximum Gasteiger partial charge on any atom is 1.00 e. The molecule has 0 fully saturated rings. The number of carbonyl (C=O) groups excluding carboxylic acids is 1. The van der Waals surface area contributed by atoms with E-state index in [-0.39, 0.29) is 37.0 Å². The maximum absolute atomic E-state index is 11.0. The van der Waals surface area contributed by atoms with Gasteiger partial charge in [0.05, 0.1) is 17.6 Å². The van der Waals surface area contributed by atoms with Crippen molar-refractivity contribution < 1.29 is 40.0 Å². The molecule has 0 amide bonds. The smallest absolute Gasteiger partial charge is 1.00 e. The number of hydrogen-bond acceptors (Lipinski definition) is 3. The maximum atomic E-state index is 11.0. The van der Waals surface area contributed by atoms with E-state index in [1.165, 1.54) is 0 Å². The molecule has 0 atom stereocenters. The van der Waals surface area contributed by atoms with Gasteiger partial charge in [-0.3, -0.25) is 0 Å². The summed E-state index contributed by atoms with van der Waals surface area (Å²) in [5.41, 5.74) is 0.585. The van der Waals surface area contributed by atoms with Gasteiger partial charge in [0.1, 0.15) is 0 Å². The van der Waals surface area contributed by atoms with E-state index < -0.39 is 0 Å². The van der Waals surface area contributed by atoms with Crippen molar-refractivity contribution >= 4 is 18.0 Å². The van der Waals surface area contributed by atoms with Crippen LogP contribution in [0.5, 0.6) is 0 Å². The molecule has 1 aromatic rings. The molecule has 0 N–H and O–H groups in total. The van der Waals surface area contributed by atoms with Crippen LogP contribution < -0.4 is 29.6 Å². The van der Waals surface area contributed by atoms with Gasteiger partial charge >= 0.3 is 35.5 Å². The first-order valence-electron chi connectivity index (χ1n) is 3.14. The normalized spacial score (nSPS) is 8.42. The van der Waals surface area contributed by atoms with Crippen LogP contribution in [0.1, 0.15) is 11.8 Å². The van der Waals surface area contributed by atoms with Crippen molar-refractivity contribution in [2.45, 2.75) is 0 Å². The first-order chi connectivity index (χ1) is 5.34. The van der Waals surface area contributed by atoms with Crippen molar-refractivity contribution in [3.63, 3.8) is 0 Å². The third-order valence-electron chi connectivity index (χ3n) is 1.17. The van der Waals surface area contributed by atoms with Crippen LogP contribution in [-0.2, 0) is 4.18 Å². The summed E-state index contributed by atoms with van der Waals surface area (Å²) in [6.45, 7) is 0. The molecule has 0 aromatic heterocycles. The second-order valence-electron chi connectivity index (χ2n) is 1.90. The van der Waals surface area contributed by atoms with Gasteiger partial charge in [0, 0.05) is 6.26 Å². The molecule has 0 bridgehead atoms. The second-order valence-corrected chi connectivity index (χ2v) is 2.40. The molecule has 60 valence electrons. The minimum atomic E-state index is -0.293. The Hall–Kier alpha value is 0.0400. The van der Waals surface area contributed by atoms with Gasteiger partial charge in [0.15, 0.2) is 0 Å². The summed E-state index contributed by atoms with van der Waals surface area (Å²) in [4.78, 5) is 11.0. The van der Waals surface area contributed by atoms with Crippen molar-refractivity contribution in [1.29, 1.82) is 0 Å². The molecule has 0 saturated carbocycles. The van der Waals surface area contributed by atoms with Crippen LogP contribution in [-0.4, -0.2) is 12.2 Å². The van der Waals surface area contributed by atoms with E-state index in [9.17, 15) is 4.79 Å². The van der Waals surface area contributed by atoms with E-state index in [1.807, 2.05) is 6.07 Å². The van der Waals surface area contributed by atoms with Gasteiger partial charge in [0.25, 0.3) is 0 Å². The molecule has 0 saturated heterocycles. The van der Waals surface area contributed by atoms with E-state index in [0.29, 0.717) is 5.56 Å². The minimum Gasteiger partial charge on any atom is -1.00 e. The van der Waals surface area contributed by atoms with Crippen molar-refractivity contribution in [2.24, 2.45) is 0 Å². The predicted molar refractivity (Wildman–Crippen MR) is 46.5 cm³/mol. The zero-order valence-corrected chi connectivity index (χ0v) is 9.93. The number of hydrogen-bond donors (Lipinski definition) is 0. The Bertz CT molecular complexity index is 243. The van der Waals surface area contributed by atoms with Crippen LogP contribution in [0.25, 0.3) is 0 Å². The monoisotopic (exact) mass is 192 g/mol. The van der Waals surface area contributed by atoms with E-state index in [1.54, 1.807) is 30.5 Å². The molecular weight excluding hydrogens is 183 g/mol. The van der Waals surface area contributed by atoms with Gasteiger partial charge in [-0.15, -0.1) is 0 Å². The Labute approximate surface area is 99.7 Å². The van der Waals surface area contributed by atoms with Gasteiger partial charge < -0.3 is 5.61 Å². The van der Waals surface area contributed by atoms with E-state index in [4.69, 9.17) is 4.18 Å². The number of rotatable bonds is 2. The number of benzene rings is 1. The van der Waals surface area contributed by atoms with Crippen molar-refractivity contribution in [3.05, 3.63) is 35.9 Å². The Morgan fingerprint density at radius 2 is 2.00 bits per heavy atom. The van der Waals surface area contributed by atoms with Gasteiger partial charge in [0.2, 0.25) is 0 Å². The quantitative estimate of drug-likeness (QED) is 0.455. The number of carbonyl (C=O) groups is 1. The molecule has 2 nitrogen and oxygen atoms in total. The second kappa shape index (κ2) is 6.54. The summed E-state index contributed by atoms with van der Waals surface area (Å²) < 4.78 is 4.71. The average molecular weight is 192 g/mol. The van der Waals surface area contributed by atoms with Gasteiger partial charge in [-0.2, -0.15) is 0 Å². The molecule has 1 aromatic carbocycles. The summed E-state index contributed by atoms with van der Waals surface area (Å²) in [7, 11) is 0. The minimum absolute atomic E-state index is 0. The molecule has 0 spiro atoms. The zero-order valence-electron chi connectivity index (χ0n) is 8.11. The molecule has 12 heavy (non-hydrogen) atoms. The molecule has 0 radical (unpaired) electrons. The first kappa shape index (κ1) is 12.0. The zero-order chi connectivity index (χ0) is 8.10. The standard InChI is InChI=1S/C8H8O2S.Na.H/c1-11-10-8(9)7-5-3-2-4-6-7;;/h2-6H,1H3;;/q;+1;-1. The largest absolute Gasteiger partial charge is 1.00 e. The van der Waals surface area contributed by atoms with E-state index in [0.717, 1.165) is 12.0 Å². The fourth-order valence-corrected chi connectivity index (χ4v) is 0.946. The Kier molecular flexibility index (Phi) is 6.57. The van der Waals surface area contributed by atoms with Crippen LogP contribution in [0.3, 0.4) is 0 Å². The summed E-state index contributed by atoms with van der Waals surface area (Å²) in [6.07, 6.45) is 1.71. The summed E-state index contributed by atoms with van der Waals surface area (Å²) >= 11 is 1.06. The summed E-state index contributed by atoms with van der Waals surface area (Å²) in [6, 6.07) is 8.90. The van der Waals surface area contributed by atoms with E-state index in [2.05, 4.69) is 0 Å². The molecule has 0 heterocycles. The fourth-order valence-electron chi connectivity index (χ4n) is 0.698. The molecule has 0 unspecified atom stereocenters. The third-order valence-corrected chi connectivity index (χ3v) is 1.49. The fraction of sp³-hybridized carbons (Fsp3) is 0.125. The van der Waals surface area contributed by atoms with Crippen molar-refractivity contribution in [1.82, 2.24) is 0 Å². The van der Waals surface area contributed by atoms with Crippen molar-refractivity contribution in [2.75, 3.05) is 6.26 Å². The van der Waals surface area contributed by atoms with Gasteiger partial charge in [-0.1, -0.05) is 18.2 Å². The van der Waals surface area contributed by atoms with Crippen LogP contribution in [0.4, 0.5) is 0 Å². The summed E-state index contributed by atoms with van der Waals surface area (Å²) in [5, 5.41) is 0. The van der Waals surface area contributed by atoms with Crippen LogP contribution in [0, 0.1) is 0 Å². The van der Waals surface area contributed by atoms with Crippen LogP contribution in [0.15, 0.2) is 30.3 Å². The van der Waals surface area contributed by atoms with Gasteiger partial charge in [-0.05, 0) is 12.1 Å².